The first-order chi connectivity index (χ1) is 16.4. The molecule has 1 N–H and O–H groups in total. The van der Waals surface area contributed by atoms with Gasteiger partial charge in [-0.1, -0.05) is 60.7 Å². The van der Waals surface area contributed by atoms with E-state index in [0.717, 1.165) is 18.4 Å². The topological polar surface area (TPSA) is 71.4 Å². The van der Waals surface area contributed by atoms with Crippen LogP contribution in [0.5, 0.6) is 0 Å². The van der Waals surface area contributed by atoms with Gasteiger partial charge in [-0.25, -0.2) is 0 Å². The maximum absolute atomic E-state index is 13.6. The summed E-state index contributed by atoms with van der Waals surface area (Å²) in [7, 11) is 0. The van der Waals surface area contributed by atoms with Crippen molar-refractivity contribution in [2.45, 2.75) is 45.2 Å². The number of piperidine rings is 1. The molecule has 34 heavy (non-hydrogen) atoms. The summed E-state index contributed by atoms with van der Waals surface area (Å²) in [6.07, 6.45) is 5.02. The lowest BCUT2D eigenvalue weighted by Gasteiger charge is -2.33. The lowest BCUT2D eigenvalue weighted by atomic mass is 9.90. The maximum atomic E-state index is 13.6. The Kier molecular flexibility index (Phi) is 7.26. The van der Waals surface area contributed by atoms with Crippen molar-refractivity contribution in [2.75, 3.05) is 13.1 Å². The van der Waals surface area contributed by atoms with Crippen LogP contribution in [-0.2, 0) is 6.54 Å². The first kappa shape index (κ1) is 23.5. The van der Waals surface area contributed by atoms with Crippen molar-refractivity contribution in [3.05, 3.63) is 106 Å². The van der Waals surface area contributed by atoms with E-state index < -0.39 is 11.3 Å². The number of hydrogen-bond donors (Lipinski definition) is 1. The van der Waals surface area contributed by atoms with Crippen molar-refractivity contribution in [3.8, 4) is 0 Å². The van der Waals surface area contributed by atoms with Crippen molar-refractivity contribution in [3.63, 3.8) is 0 Å². The number of pyridine rings is 1. The van der Waals surface area contributed by atoms with Gasteiger partial charge in [0.2, 0.25) is 5.43 Å². The second kappa shape index (κ2) is 10.5. The van der Waals surface area contributed by atoms with Gasteiger partial charge in [-0.3, -0.25) is 14.4 Å². The molecule has 2 amide bonds. The summed E-state index contributed by atoms with van der Waals surface area (Å²) in [5, 5.41) is 2.79. The molecule has 4 rings (SSSR count). The third kappa shape index (κ3) is 5.45. The van der Waals surface area contributed by atoms with Crippen LogP contribution >= 0.6 is 0 Å². The largest absolute Gasteiger partial charge is 0.350 e. The fraction of sp³-hybridized carbons (Fsp3) is 0.321. The minimum Gasteiger partial charge on any atom is -0.350 e. The van der Waals surface area contributed by atoms with E-state index in [1.54, 1.807) is 21.9 Å². The molecule has 1 aromatic heterocycles. The minimum absolute atomic E-state index is 0.00731. The van der Waals surface area contributed by atoms with E-state index in [9.17, 15) is 14.4 Å². The Balaban J connectivity index is 1.67. The predicted octanol–water partition coefficient (Wildman–Crippen LogP) is 4.05. The van der Waals surface area contributed by atoms with Crippen LogP contribution in [0.4, 0.5) is 0 Å². The summed E-state index contributed by atoms with van der Waals surface area (Å²) < 4.78 is 1.76. The zero-order valence-corrected chi connectivity index (χ0v) is 19.7. The molecule has 0 unspecified atom stereocenters. The monoisotopic (exact) mass is 457 g/mol. The summed E-state index contributed by atoms with van der Waals surface area (Å²) in [4.78, 5) is 41.5. The number of aromatic nitrogens is 1. The highest BCUT2D eigenvalue weighted by atomic mass is 16.2. The van der Waals surface area contributed by atoms with Crippen LogP contribution in [-0.4, -0.2) is 40.4 Å². The fourth-order valence-corrected chi connectivity index (χ4v) is 4.50. The van der Waals surface area contributed by atoms with Gasteiger partial charge in [-0.05, 0) is 37.8 Å². The van der Waals surface area contributed by atoms with Crippen molar-refractivity contribution in [1.82, 2.24) is 14.8 Å². The maximum Gasteiger partial charge on any atom is 0.259 e. The Labute approximate surface area is 200 Å². The molecule has 176 valence electrons. The zero-order chi connectivity index (χ0) is 24.1. The number of nitrogens with zero attached hydrogens (tertiary/aromatic N) is 2. The van der Waals surface area contributed by atoms with Crippen LogP contribution in [0.3, 0.4) is 0 Å². The molecular formula is C28H31N3O3. The Morgan fingerprint density at radius 2 is 1.62 bits per heavy atom. The third-order valence-corrected chi connectivity index (χ3v) is 6.16. The lowest BCUT2D eigenvalue weighted by Crippen LogP contribution is -2.42. The summed E-state index contributed by atoms with van der Waals surface area (Å²) in [5.41, 5.74) is 1.73. The number of carbonyl (C=O) groups excluding carboxylic acids is 2. The molecule has 0 saturated carbocycles. The van der Waals surface area contributed by atoms with Gasteiger partial charge in [0.05, 0.1) is 0 Å². The van der Waals surface area contributed by atoms with Gasteiger partial charge in [-0.15, -0.1) is 0 Å². The Morgan fingerprint density at radius 3 is 2.29 bits per heavy atom. The number of benzene rings is 2. The third-order valence-electron chi connectivity index (χ3n) is 6.16. The molecule has 6 heteroatoms. The molecule has 3 aromatic rings. The molecule has 0 spiro atoms. The number of rotatable bonds is 6. The molecule has 0 bridgehead atoms. The van der Waals surface area contributed by atoms with Crippen LogP contribution in [0.2, 0.25) is 0 Å². The summed E-state index contributed by atoms with van der Waals surface area (Å²) >= 11 is 0. The summed E-state index contributed by atoms with van der Waals surface area (Å²) in [6, 6.07) is 19.8. The predicted molar refractivity (Wildman–Crippen MR) is 133 cm³/mol. The molecule has 1 aliphatic rings. The van der Waals surface area contributed by atoms with Crippen molar-refractivity contribution >= 4 is 11.8 Å². The highest BCUT2D eigenvalue weighted by molar-refractivity contribution is 5.99. The normalized spacial score (nSPS) is 15.9. The summed E-state index contributed by atoms with van der Waals surface area (Å²) in [5.74, 6) is -0.540. The number of nitrogens with one attached hydrogen (secondary N) is 1. The Bertz CT molecular complexity index is 1200. The van der Waals surface area contributed by atoms with E-state index in [1.807, 2.05) is 62.4 Å². The number of amides is 2. The van der Waals surface area contributed by atoms with E-state index in [0.29, 0.717) is 19.6 Å². The molecule has 2 aromatic carbocycles. The number of hydrogen-bond acceptors (Lipinski definition) is 3. The average Bonchev–Trinajstić information content (AvgIpc) is 2.85. The molecule has 6 nitrogen and oxygen atoms in total. The highest BCUT2D eigenvalue weighted by Crippen LogP contribution is 2.27. The van der Waals surface area contributed by atoms with Crippen LogP contribution in [0, 0.1) is 0 Å². The lowest BCUT2D eigenvalue weighted by molar-refractivity contribution is 0.0705. The van der Waals surface area contributed by atoms with Gasteiger partial charge in [0, 0.05) is 44.0 Å². The summed E-state index contributed by atoms with van der Waals surface area (Å²) in [6.45, 7) is 5.29. The van der Waals surface area contributed by atoms with E-state index >= 15 is 0 Å². The van der Waals surface area contributed by atoms with Crippen LogP contribution in [0.25, 0.3) is 0 Å². The van der Waals surface area contributed by atoms with E-state index in [1.165, 1.54) is 5.56 Å². The van der Waals surface area contributed by atoms with Gasteiger partial charge in [-0.2, -0.15) is 0 Å². The highest BCUT2D eigenvalue weighted by Gasteiger charge is 2.28. The molecule has 1 aliphatic heterocycles. The van der Waals surface area contributed by atoms with E-state index in [4.69, 9.17) is 0 Å². The van der Waals surface area contributed by atoms with E-state index in [2.05, 4.69) is 17.4 Å². The zero-order valence-electron chi connectivity index (χ0n) is 19.7. The molecular weight excluding hydrogens is 426 g/mol. The van der Waals surface area contributed by atoms with Crippen molar-refractivity contribution in [2.24, 2.45) is 0 Å². The number of carbonyl (C=O) groups is 2. The van der Waals surface area contributed by atoms with Crippen LogP contribution in [0.1, 0.15) is 64.4 Å². The molecule has 0 radical (unpaired) electrons. The Morgan fingerprint density at radius 1 is 0.971 bits per heavy atom. The fourth-order valence-electron chi connectivity index (χ4n) is 4.50. The molecule has 1 fully saturated rings. The van der Waals surface area contributed by atoms with Gasteiger partial charge >= 0.3 is 0 Å². The first-order valence-electron chi connectivity index (χ1n) is 11.9. The molecule has 2 heterocycles. The van der Waals surface area contributed by atoms with Crippen LogP contribution in [0.15, 0.2) is 77.9 Å². The Hall–Kier alpha value is -3.67. The molecule has 1 saturated heterocycles. The minimum atomic E-state index is -0.519. The van der Waals surface area contributed by atoms with Gasteiger partial charge in [0.15, 0.2) is 0 Å². The smallest absolute Gasteiger partial charge is 0.259 e. The van der Waals surface area contributed by atoms with E-state index in [-0.39, 0.29) is 29.0 Å². The van der Waals surface area contributed by atoms with Crippen molar-refractivity contribution < 1.29 is 9.59 Å². The SMILES string of the molecule is CC(C)NC(=O)c1cn(Cc2ccccc2)cc(C(=O)N2CCC[C@H](c3ccccc3)C2)c1=O. The van der Waals surface area contributed by atoms with Crippen LogP contribution < -0.4 is 10.7 Å². The second-order valence-corrected chi connectivity index (χ2v) is 9.20. The van der Waals surface area contributed by atoms with Gasteiger partial charge in [0.1, 0.15) is 11.1 Å². The quantitative estimate of drug-likeness (QED) is 0.607. The number of likely N-dealkylation sites (tertiary alicyclic amines) is 1. The van der Waals surface area contributed by atoms with Gasteiger partial charge in [0.25, 0.3) is 11.8 Å². The standard InChI is InChI=1S/C28H31N3O3/c1-20(2)29-27(33)24-18-30(16-21-10-5-3-6-11-21)19-25(26(24)32)28(34)31-15-9-14-23(17-31)22-12-7-4-8-13-22/h3-8,10-13,18-20,23H,9,14-17H2,1-2H3,(H,29,33)/t23-/m0/s1. The molecule has 1 atom stereocenters. The molecule has 0 aliphatic carbocycles. The second-order valence-electron chi connectivity index (χ2n) is 9.20. The van der Waals surface area contributed by atoms with Gasteiger partial charge < -0.3 is 14.8 Å². The average molecular weight is 458 g/mol. The van der Waals surface area contributed by atoms with Crippen molar-refractivity contribution in [1.29, 1.82) is 0 Å². The first-order valence-corrected chi connectivity index (χ1v) is 11.9.